The Bertz CT molecular complexity index is 354. The van der Waals surface area contributed by atoms with Gasteiger partial charge in [-0.25, -0.2) is 0 Å². The molecule has 1 atom stereocenters. The van der Waals surface area contributed by atoms with Gasteiger partial charge in [0.25, 0.3) is 0 Å². The van der Waals surface area contributed by atoms with Crippen LogP contribution in [0.4, 0.5) is 13.2 Å². The van der Waals surface area contributed by atoms with Crippen LogP contribution in [0.3, 0.4) is 0 Å². The summed E-state index contributed by atoms with van der Waals surface area (Å²) in [5.74, 6) is 0. The summed E-state index contributed by atoms with van der Waals surface area (Å²) in [6.45, 7) is -0.523. The number of aliphatic hydroxyl groups is 1. The van der Waals surface area contributed by atoms with Gasteiger partial charge in [0.15, 0.2) is 0 Å². The molecular formula is C9H9BrF3NO. The molecular weight excluding hydrogens is 275 g/mol. The second-order valence-electron chi connectivity index (χ2n) is 3.02. The highest BCUT2D eigenvalue weighted by atomic mass is 79.9. The van der Waals surface area contributed by atoms with Gasteiger partial charge in [0.05, 0.1) is 18.2 Å². The summed E-state index contributed by atoms with van der Waals surface area (Å²) in [6, 6.07) is 2.65. The molecule has 3 N–H and O–H groups in total. The fourth-order valence-electron chi connectivity index (χ4n) is 1.20. The summed E-state index contributed by atoms with van der Waals surface area (Å²) in [7, 11) is 0. The van der Waals surface area contributed by atoms with Crippen LogP contribution in [-0.2, 0) is 6.18 Å². The van der Waals surface area contributed by atoms with Crippen LogP contribution in [0, 0.1) is 0 Å². The monoisotopic (exact) mass is 283 g/mol. The minimum atomic E-state index is -4.47. The maximum atomic E-state index is 12.6. The highest BCUT2D eigenvalue weighted by molar-refractivity contribution is 9.10. The van der Waals surface area contributed by atoms with E-state index in [0.29, 0.717) is 4.47 Å². The van der Waals surface area contributed by atoms with Gasteiger partial charge in [0, 0.05) is 4.47 Å². The lowest BCUT2D eigenvalue weighted by Crippen LogP contribution is -2.20. The van der Waals surface area contributed by atoms with Gasteiger partial charge in [-0.3, -0.25) is 0 Å². The Morgan fingerprint density at radius 3 is 2.47 bits per heavy atom. The fourth-order valence-corrected chi connectivity index (χ4v) is 1.56. The van der Waals surface area contributed by atoms with E-state index in [0.717, 1.165) is 6.07 Å². The molecule has 0 unspecified atom stereocenters. The number of nitrogens with two attached hydrogens (primary N) is 1. The molecule has 84 valence electrons. The molecule has 0 saturated heterocycles. The molecule has 0 heterocycles. The maximum absolute atomic E-state index is 12.6. The number of hydrogen-bond acceptors (Lipinski definition) is 2. The Morgan fingerprint density at radius 2 is 2.00 bits per heavy atom. The van der Waals surface area contributed by atoms with Gasteiger partial charge < -0.3 is 10.8 Å². The number of rotatable bonds is 2. The Labute approximate surface area is 93.0 Å². The molecule has 15 heavy (non-hydrogen) atoms. The van der Waals surface area contributed by atoms with Crippen LogP contribution in [0.1, 0.15) is 17.2 Å². The van der Waals surface area contributed by atoms with Crippen molar-refractivity contribution in [1.29, 1.82) is 0 Å². The van der Waals surface area contributed by atoms with E-state index in [1.165, 1.54) is 12.1 Å². The zero-order valence-corrected chi connectivity index (χ0v) is 9.14. The van der Waals surface area contributed by atoms with Crippen molar-refractivity contribution in [1.82, 2.24) is 0 Å². The SMILES string of the molecule is N[C@H](CO)c1ccc(Br)cc1C(F)(F)F. The smallest absolute Gasteiger partial charge is 0.394 e. The predicted molar refractivity (Wildman–Crippen MR) is 53.2 cm³/mol. The van der Waals surface area contributed by atoms with Gasteiger partial charge in [0.1, 0.15) is 0 Å². The highest BCUT2D eigenvalue weighted by Gasteiger charge is 2.34. The van der Waals surface area contributed by atoms with Crippen molar-refractivity contribution < 1.29 is 18.3 Å². The van der Waals surface area contributed by atoms with Crippen LogP contribution < -0.4 is 5.73 Å². The summed E-state index contributed by atoms with van der Waals surface area (Å²) in [5.41, 5.74) is 4.45. The van der Waals surface area contributed by atoms with Crippen molar-refractivity contribution in [2.24, 2.45) is 5.73 Å². The van der Waals surface area contributed by atoms with Gasteiger partial charge in [-0.2, -0.15) is 13.2 Å². The Hall–Kier alpha value is -0.590. The number of halogens is 4. The van der Waals surface area contributed by atoms with Crippen molar-refractivity contribution in [3.05, 3.63) is 33.8 Å². The molecule has 1 rings (SSSR count). The van der Waals surface area contributed by atoms with Crippen LogP contribution in [0.15, 0.2) is 22.7 Å². The van der Waals surface area contributed by atoms with Gasteiger partial charge in [-0.05, 0) is 17.7 Å². The van der Waals surface area contributed by atoms with E-state index in [1.807, 2.05) is 0 Å². The van der Waals surface area contributed by atoms with Crippen molar-refractivity contribution in [3.63, 3.8) is 0 Å². The Morgan fingerprint density at radius 1 is 1.40 bits per heavy atom. The molecule has 0 radical (unpaired) electrons. The first-order valence-electron chi connectivity index (χ1n) is 4.09. The highest BCUT2D eigenvalue weighted by Crippen LogP contribution is 2.35. The normalized spacial score (nSPS) is 14.0. The molecule has 0 bridgehead atoms. The minimum Gasteiger partial charge on any atom is -0.394 e. The average molecular weight is 284 g/mol. The van der Waals surface area contributed by atoms with E-state index in [1.54, 1.807) is 0 Å². The molecule has 0 spiro atoms. The molecule has 0 aromatic heterocycles. The molecule has 0 aliphatic carbocycles. The average Bonchev–Trinajstić information content (AvgIpc) is 2.15. The molecule has 0 aliphatic rings. The fraction of sp³-hybridized carbons (Fsp3) is 0.333. The third-order valence-corrected chi connectivity index (χ3v) is 2.41. The lowest BCUT2D eigenvalue weighted by molar-refractivity contribution is -0.138. The molecule has 0 aliphatic heterocycles. The third-order valence-electron chi connectivity index (χ3n) is 1.92. The second-order valence-corrected chi connectivity index (χ2v) is 3.93. The van der Waals surface area contributed by atoms with E-state index in [2.05, 4.69) is 15.9 Å². The topological polar surface area (TPSA) is 46.2 Å². The summed E-state index contributed by atoms with van der Waals surface area (Å²) >= 11 is 2.96. The summed E-state index contributed by atoms with van der Waals surface area (Å²) in [5, 5.41) is 8.74. The summed E-state index contributed by atoms with van der Waals surface area (Å²) in [6.07, 6.45) is -4.47. The lowest BCUT2D eigenvalue weighted by Gasteiger charge is -2.16. The van der Waals surface area contributed by atoms with Crippen molar-refractivity contribution in [2.45, 2.75) is 12.2 Å². The van der Waals surface area contributed by atoms with Gasteiger partial charge in [-0.15, -0.1) is 0 Å². The molecule has 1 aromatic rings. The van der Waals surface area contributed by atoms with E-state index in [-0.39, 0.29) is 5.56 Å². The standard InChI is InChI=1S/C9H9BrF3NO/c10-5-1-2-6(8(14)4-15)7(3-5)9(11,12)13/h1-3,8,15H,4,14H2/t8-/m1/s1. The molecule has 0 fully saturated rings. The van der Waals surface area contributed by atoms with E-state index in [4.69, 9.17) is 10.8 Å². The zero-order chi connectivity index (χ0) is 11.6. The Balaban J connectivity index is 3.27. The zero-order valence-electron chi connectivity index (χ0n) is 7.55. The number of hydrogen-bond donors (Lipinski definition) is 2. The van der Waals surface area contributed by atoms with Crippen LogP contribution in [0.2, 0.25) is 0 Å². The van der Waals surface area contributed by atoms with Gasteiger partial charge >= 0.3 is 6.18 Å². The molecule has 6 heteroatoms. The van der Waals surface area contributed by atoms with E-state index < -0.39 is 24.4 Å². The molecule has 1 aromatic carbocycles. The predicted octanol–water partition coefficient (Wildman–Crippen LogP) is 2.46. The van der Waals surface area contributed by atoms with Gasteiger partial charge in [-0.1, -0.05) is 22.0 Å². The first-order chi connectivity index (χ1) is 6.86. The van der Waals surface area contributed by atoms with Crippen LogP contribution in [0.25, 0.3) is 0 Å². The van der Waals surface area contributed by atoms with Crippen LogP contribution in [-0.4, -0.2) is 11.7 Å². The summed E-state index contributed by atoms with van der Waals surface area (Å²) < 4.78 is 38.0. The van der Waals surface area contributed by atoms with Crippen molar-refractivity contribution >= 4 is 15.9 Å². The number of aliphatic hydroxyl groups excluding tert-OH is 1. The van der Waals surface area contributed by atoms with Crippen molar-refractivity contribution in [3.8, 4) is 0 Å². The van der Waals surface area contributed by atoms with E-state index in [9.17, 15) is 13.2 Å². The van der Waals surface area contributed by atoms with Crippen LogP contribution >= 0.6 is 15.9 Å². The van der Waals surface area contributed by atoms with E-state index >= 15 is 0 Å². The first kappa shape index (κ1) is 12.5. The summed E-state index contributed by atoms with van der Waals surface area (Å²) in [4.78, 5) is 0. The molecule has 0 saturated carbocycles. The minimum absolute atomic E-state index is 0.104. The molecule has 2 nitrogen and oxygen atoms in total. The number of benzene rings is 1. The first-order valence-corrected chi connectivity index (χ1v) is 4.88. The second kappa shape index (κ2) is 4.51. The van der Waals surface area contributed by atoms with Crippen molar-refractivity contribution in [2.75, 3.05) is 6.61 Å². The number of alkyl halides is 3. The Kier molecular flexibility index (Phi) is 3.75. The maximum Gasteiger partial charge on any atom is 0.416 e. The third kappa shape index (κ3) is 2.93. The molecule has 0 amide bonds. The largest absolute Gasteiger partial charge is 0.416 e. The lowest BCUT2D eigenvalue weighted by atomic mass is 10.0. The quantitative estimate of drug-likeness (QED) is 0.876. The van der Waals surface area contributed by atoms with Crippen LogP contribution in [0.5, 0.6) is 0 Å². The van der Waals surface area contributed by atoms with Gasteiger partial charge in [0.2, 0.25) is 0 Å².